The van der Waals surface area contributed by atoms with Crippen LogP contribution in [-0.2, 0) is 20.7 Å². The lowest BCUT2D eigenvalue weighted by Crippen LogP contribution is -2.47. The van der Waals surface area contributed by atoms with Crippen LogP contribution in [-0.4, -0.2) is 84.1 Å². The van der Waals surface area contributed by atoms with Gasteiger partial charge in [0, 0.05) is 64.0 Å². The molecule has 0 aliphatic carbocycles. The highest BCUT2D eigenvalue weighted by molar-refractivity contribution is 5.83. The molecule has 2 N–H and O–H groups in total. The van der Waals surface area contributed by atoms with Gasteiger partial charge in [0.2, 0.25) is 11.8 Å². The molecule has 0 saturated carbocycles. The fraction of sp³-hybridized carbons (Fsp3) is 0.722. The first-order valence-corrected chi connectivity index (χ1v) is 9.55. The Morgan fingerprint density at radius 3 is 2.96 bits per heavy atom. The number of likely N-dealkylation sites (tertiary alicyclic amines) is 1. The van der Waals surface area contributed by atoms with Gasteiger partial charge in [0.05, 0.1) is 25.5 Å². The van der Waals surface area contributed by atoms with Crippen LogP contribution in [0, 0.1) is 5.92 Å². The van der Waals surface area contributed by atoms with Crippen molar-refractivity contribution in [2.24, 2.45) is 5.92 Å². The molecule has 0 spiro atoms. The number of rotatable bonds is 8. The first-order chi connectivity index (χ1) is 12.7. The molecule has 0 radical (unpaired) electrons. The molecule has 2 fully saturated rings. The summed E-state index contributed by atoms with van der Waals surface area (Å²) >= 11 is 0. The summed E-state index contributed by atoms with van der Waals surface area (Å²) in [5.41, 5.74) is 1.01. The Bertz CT molecular complexity index is 571. The van der Waals surface area contributed by atoms with Crippen molar-refractivity contribution in [3.8, 4) is 0 Å². The highest BCUT2D eigenvalue weighted by Crippen LogP contribution is 2.18. The van der Waals surface area contributed by atoms with Crippen LogP contribution < -0.4 is 5.32 Å². The highest BCUT2D eigenvalue weighted by Gasteiger charge is 2.29. The number of imidazole rings is 1. The number of aromatic amines is 1. The van der Waals surface area contributed by atoms with Crippen LogP contribution in [0.3, 0.4) is 0 Å². The lowest BCUT2D eigenvalue weighted by atomic mass is 9.96. The standard InChI is InChI=1S/C18H29N5O3/c24-17-3-2-15(18(25)20-5-4-16-12-19-14-21-16)13-23(17)7-1-6-22-8-10-26-11-9-22/h12,14-15H,1-11,13H2,(H,19,21)(H,20,25)/t15-/m0/s1. The molecule has 2 saturated heterocycles. The lowest BCUT2D eigenvalue weighted by molar-refractivity contribution is -0.138. The number of hydrogen-bond acceptors (Lipinski definition) is 5. The van der Waals surface area contributed by atoms with E-state index >= 15 is 0 Å². The average molecular weight is 363 g/mol. The van der Waals surface area contributed by atoms with E-state index in [-0.39, 0.29) is 17.7 Å². The summed E-state index contributed by atoms with van der Waals surface area (Å²) in [7, 11) is 0. The number of morpholine rings is 1. The molecule has 8 nitrogen and oxygen atoms in total. The summed E-state index contributed by atoms with van der Waals surface area (Å²) in [5.74, 6) is 0.126. The van der Waals surface area contributed by atoms with Crippen molar-refractivity contribution in [2.75, 3.05) is 52.5 Å². The normalized spacial score (nSPS) is 21.8. The molecule has 3 heterocycles. The van der Waals surface area contributed by atoms with E-state index in [1.54, 1.807) is 12.5 Å². The first-order valence-electron chi connectivity index (χ1n) is 9.55. The van der Waals surface area contributed by atoms with Gasteiger partial charge in [0.15, 0.2) is 0 Å². The summed E-state index contributed by atoms with van der Waals surface area (Å²) < 4.78 is 5.35. The zero-order valence-corrected chi connectivity index (χ0v) is 15.3. The molecule has 2 aliphatic heterocycles. The second kappa shape index (κ2) is 9.68. The Labute approximate surface area is 154 Å². The van der Waals surface area contributed by atoms with Gasteiger partial charge in [-0.15, -0.1) is 0 Å². The predicted molar refractivity (Wildman–Crippen MR) is 96.5 cm³/mol. The number of amides is 2. The van der Waals surface area contributed by atoms with Crippen LogP contribution in [0.15, 0.2) is 12.5 Å². The molecule has 26 heavy (non-hydrogen) atoms. The number of aromatic nitrogens is 2. The Morgan fingerprint density at radius 2 is 2.19 bits per heavy atom. The topological polar surface area (TPSA) is 90.6 Å². The Hall–Kier alpha value is -1.93. The molecule has 1 aromatic rings. The van der Waals surface area contributed by atoms with E-state index in [1.165, 1.54) is 0 Å². The van der Waals surface area contributed by atoms with Crippen molar-refractivity contribution in [3.05, 3.63) is 18.2 Å². The number of H-pyrrole nitrogens is 1. The van der Waals surface area contributed by atoms with Gasteiger partial charge in [-0.2, -0.15) is 0 Å². The predicted octanol–water partition coefficient (Wildman–Crippen LogP) is 0.0293. The summed E-state index contributed by atoms with van der Waals surface area (Å²) in [5, 5.41) is 2.99. The van der Waals surface area contributed by atoms with Gasteiger partial charge in [-0.05, 0) is 12.8 Å². The Morgan fingerprint density at radius 1 is 1.35 bits per heavy atom. The number of carbonyl (C=O) groups is 2. The van der Waals surface area contributed by atoms with E-state index in [9.17, 15) is 9.59 Å². The van der Waals surface area contributed by atoms with Gasteiger partial charge in [0.1, 0.15) is 0 Å². The van der Waals surface area contributed by atoms with Crippen molar-refractivity contribution in [1.29, 1.82) is 0 Å². The minimum atomic E-state index is -0.0992. The summed E-state index contributed by atoms with van der Waals surface area (Å²) in [6.45, 7) is 6.36. The van der Waals surface area contributed by atoms with Gasteiger partial charge in [0.25, 0.3) is 0 Å². The maximum Gasteiger partial charge on any atom is 0.224 e. The molecule has 0 bridgehead atoms. The van der Waals surface area contributed by atoms with E-state index in [1.807, 2.05) is 4.90 Å². The molecule has 0 unspecified atom stereocenters. The van der Waals surface area contributed by atoms with Crippen LogP contribution in [0.2, 0.25) is 0 Å². The lowest BCUT2D eigenvalue weighted by Gasteiger charge is -2.33. The fourth-order valence-electron chi connectivity index (χ4n) is 3.54. The fourth-order valence-corrected chi connectivity index (χ4v) is 3.54. The van der Waals surface area contributed by atoms with Crippen LogP contribution in [0.4, 0.5) is 0 Å². The van der Waals surface area contributed by atoms with Gasteiger partial charge >= 0.3 is 0 Å². The minimum Gasteiger partial charge on any atom is -0.379 e. The SMILES string of the molecule is O=C(NCCc1cnc[nH]1)[C@H]1CCC(=O)N(CCCN2CCOCC2)C1. The number of nitrogens with one attached hydrogen (secondary N) is 2. The van der Waals surface area contributed by atoms with Crippen molar-refractivity contribution in [3.63, 3.8) is 0 Å². The van der Waals surface area contributed by atoms with Crippen molar-refractivity contribution in [1.82, 2.24) is 25.1 Å². The second-order valence-electron chi connectivity index (χ2n) is 7.00. The van der Waals surface area contributed by atoms with Gasteiger partial charge in [-0.1, -0.05) is 0 Å². The molecular weight excluding hydrogens is 334 g/mol. The van der Waals surface area contributed by atoms with Gasteiger partial charge in [-0.3, -0.25) is 14.5 Å². The molecule has 3 rings (SSSR count). The third-order valence-corrected chi connectivity index (χ3v) is 5.13. The summed E-state index contributed by atoms with van der Waals surface area (Å²) in [6, 6.07) is 0. The second-order valence-corrected chi connectivity index (χ2v) is 7.00. The first kappa shape index (κ1) is 18.8. The largest absolute Gasteiger partial charge is 0.379 e. The van der Waals surface area contributed by atoms with E-state index in [0.29, 0.717) is 25.9 Å². The van der Waals surface area contributed by atoms with E-state index < -0.39 is 0 Å². The van der Waals surface area contributed by atoms with Gasteiger partial charge < -0.3 is 19.9 Å². The van der Waals surface area contributed by atoms with Crippen LogP contribution in [0.25, 0.3) is 0 Å². The average Bonchev–Trinajstić information content (AvgIpc) is 3.17. The zero-order valence-electron chi connectivity index (χ0n) is 15.3. The van der Waals surface area contributed by atoms with Crippen LogP contribution in [0.1, 0.15) is 25.0 Å². The minimum absolute atomic E-state index is 0.0511. The van der Waals surface area contributed by atoms with Crippen molar-refractivity contribution < 1.29 is 14.3 Å². The molecule has 144 valence electrons. The number of hydrogen-bond donors (Lipinski definition) is 2. The third kappa shape index (κ3) is 5.54. The quantitative estimate of drug-likeness (QED) is 0.680. The molecule has 1 atom stereocenters. The Balaban J connectivity index is 1.37. The maximum atomic E-state index is 12.4. The number of ether oxygens (including phenoxy) is 1. The monoisotopic (exact) mass is 363 g/mol. The molecule has 2 aliphatic rings. The maximum absolute atomic E-state index is 12.4. The molecular formula is C18H29N5O3. The van der Waals surface area contributed by atoms with Crippen LogP contribution in [0.5, 0.6) is 0 Å². The summed E-state index contributed by atoms with van der Waals surface area (Å²) in [4.78, 5) is 35.8. The molecule has 8 heteroatoms. The van der Waals surface area contributed by atoms with E-state index in [0.717, 1.165) is 57.9 Å². The number of carbonyl (C=O) groups excluding carboxylic acids is 2. The molecule has 0 aromatic carbocycles. The smallest absolute Gasteiger partial charge is 0.224 e. The van der Waals surface area contributed by atoms with Crippen molar-refractivity contribution >= 4 is 11.8 Å². The summed E-state index contributed by atoms with van der Waals surface area (Å²) in [6.07, 6.45) is 6.20. The Kier molecular flexibility index (Phi) is 7.02. The number of nitrogens with zero attached hydrogens (tertiary/aromatic N) is 3. The molecule has 1 aromatic heterocycles. The van der Waals surface area contributed by atoms with Crippen LogP contribution >= 0.6 is 0 Å². The third-order valence-electron chi connectivity index (χ3n) is 5.13. The van der Waals surface area contributed by atoms with Crippen molar-refractivity contribution in [2.45, 2.75) is 25.7 Å². The number of piperidine rings is 1. The molecule has 2 amide bonds. The van der Waals surface area contributed by atoms with E-state index in [2.05, 4.69) is 20.2 Å². The van der Waals surface area contributed by atoms with Gasteiger partial charge in [-0.25, -0.2) is 4.98 Å². The van der Waals surface area contributed by atoms with E-state index in [4.69, 9.17) is 4.74 Å². The highest BCUT2D eigenvalue weighted by atomic mass is 16.5. The zero-order chi connectivity index (χ0) is 18.2.